The first-order valence-electron chi connectivity index (χ1n) is 8.02. The highest BCUT2D eigenvalue weighted by molar-refractivity contribution is 5.74. The first-order valence-corrected chi connectivity index (χ1v) is 8.02. The van der Waals surface area contributed by atoms with Gasteiger partial charge in [0.05, 0.1) is 12.2 Å². The standard InChI is InChI=1S/C18H18F2N4O2/c1-11-3-6-17(26-11)12(2)23-18(25)21-8-13-9-22-24(10-13)16-5-4-14(19)7-15(16)20/h3-7,9-10,12H,8H2,1-2H3,(H2,21,23,25). The van der Waals surface area contributed by atoms with Gasteiger partial charge in [0.25, 0.3) is 0 Å². The average Bonchev–Trinajstić information content (AvgIpc) is 3.22. The highest BCUT2D eigenvalue weighted by Crippen LogP contribution is 2.16. The second-order valence-electron chi connectivity index (χ2n) is 5.89. The van der Waals surface area contributed by atoms with Gasteiger partial charge in [-0.25, -0.2) is 18.3 Å². The second kappa shape index (κ2) is 7.38. The Hall–Kier alpha value is -3.16. The van der Waals surface area contributed by atoms with E-state index in [0.717, 1.165) is 17.9 Å². The summed E-state index contributed by atoms with van der Waals surface area (Å²) in [7, 11) is 0. The molecule has 0 bridgehead atoms. The van der Waals surface area contributed by atoms with Crippen LogP contribution in [0.1, 0.15) is 30.0 Å². The van der Waals surface area contributed by atoms with Gasteiger partial charge in [0.15, 0.2) is 5.82 Å². The predicted molar refractivity (Wildman–Crippen MR) is 90.7 cm³/mol. The Balaban J connectivity index is 1.57. The molecule has 2 N–H and O–H groups in total. The van der Waals surface area contributed by atoms with Crippen LogP contribution in [-0.4, -0.2) is 15.8 Å². The number of amides is 2. The minimum absolute atomic E-state index is 0.129. The molecule has 0 radical (unpaired) electrons. The lowest BCUT2D eigenvalue weighted by molar-refractivity contribution is 0.235. The lowest BCUT2D eigenvalue weighted by Crippen LogP contribution is -2.36. The summed E-state index contributed by atoms with van der Waals surface area (Å²) in [5.41, 5.74) is 0.800. The Morgan fingerprint density at radius 1 is 1.31 bits per heavy atom. The van der Waals surface area contributed by atoms with Gasteiger partial charge in [-0.1, -0.05) is 0 Å². The first-order chi connectivity index (χ1) is 12.4. The van der Waals surface area contributed by atoms with Crippen LogP contribution in [0.4, 0.5) is 13.6 Å². The van der Waals surface area contributed by atoms with Gasteiger partial charge in [-0.2, -0.15) is 5.10 Å². The number of aromatic nitrogens is 2. The number of carbonyl (C=O) groups is 1. The molecule has 0 spiro atoms. The number of carbonyl (C=O) groups excluding carboxylic acids is 1. The fourth-order valence-corrected chi connectivity index (χ4v) is 2.44. The van der Waals surface area contributed by atoms with Crippen molar-refractivity contribution in [2.24, 2.45) is 0 Å². The van der Waals surface area contributed by atoms with Crippen LogP contribution in [0.5, 0.6) is 0 Å². The van der Waals surface area contributed by atoms with Gasteiger partial charge in [0, 0.05) is 24.4 Å². The normalized spacial score (nSPS) is 12.0. The van der Waals surface area contributed by atoms with Crippen LogP contribution < -0.4 is 10.6 Å². The summed E-state index contributed by atoms with van der Waals surface area (Å²) in [6.45, 7) is 3.85. The van der Waals surface area contributed by atoms with Crippen molar-refractivity contribution < 1.29 is 18.0 Å². The van der Waals surface area contributed by atoms with Crippen LogP contribution in [0, 0.1) is 18.6 Å². The summed E-state index contributed by atoms with van der Waals surface area (Å²) in [5, 5.41) is 9.49. The smallest absolute Gasteiger partial charge is 0.315 e. The molecule has 1 atom stereocenters. The van der Waals surface area contributed by atoms with E-state index >= 15 is 0 Å². The zero-order valence-electron chi connectivity index (χ0n) is 14.3. The van der Waals surface area contributed by atoms with Crippen LogP contribution in [0.3, 0.4) is 0 Å². The highest BCUT2D eigenvalue weighted by atomic mass is 19.1. The number of rotatable bonds is 5. The molecule has 1 aromatic carbocycles. The van der Waals surface area contributed by atoms with Gasteiger partial charge < -0.3 is 15.1 Å². The van der Waals surface area contributed by atoms with Gasteiger partial charge >= 0.3 is 6.03 Å². The molecule has 6 nitrogen and oxygen atoms in total. The van der Waals surface area contributed by atoms with E-state index < -0.39 is 11.6 Å². The monoisotopic (exact) mass is 360 g/mol. The van der Waals surface area contributed by atoms with Gasteiger partial charge in [-0.05, 0) is 38.1 Å². The Bertz CT molecular complexity index is 920. The van der Waals surface area contributed by atoms with Gasteiger partial charge in [0.1, 0.15) is 23.0 Å². The third-order valence-corrected chi connectivity index (χ3v) is 3.78. The molecule has 2 aromatic heterocycles. The third-order valence-electron chi connectivity index (χ3n) is 3.78. The lowest BCUT2D eigenvalue weighted by Gasteiger charge is -2.12. The van der Waals surface area contributed by atoms with Gasteiger partial charge in [0.2, 0.25) is 0 Å². The Kier molecular flexibility index (Phi) is 5.01. The maximum atomic E-state index is 13.8. The molecule has 26 heavy (non-hydrogen) atoms. The number of nitrogens with one attached hydrogen (secondary N) is 2. The summed E-state index contributed by atoms with van der Waals surface area (Å²) < 4.78 is 33.5. The molecule has 0 saturated carbocycles. The molecule has 8 heteroatoms. The number of hydrogen-bond acceptors (Lipinski definition) is 3. The number of benzene rings is 1. The van der Waals surface area contributed by atoms with Crippen LogP contribution >= 0.6 is 0 Å². The molecule has 0 aliphatic carbocycles. The molecule has 2 heterocycles. The predicted octanol–water partition coefficient (Wildman–Crippen LogP) is 3.61. The van der Waals surface area contributed by atoms with Crippen LogP contribution in [0.15, 0.2) is 47.1 Å². The van der Waals surface area contributed by atoms with E-state index in [1.807, 2.05) is 26.0 Å². The van der Waals surface area contributed by atoms with Crippen molar-refractivity contribution >= 4 is 6.03 Å². The molecule has 0 aliphatic rings. The number of aryl methyl sites for hydroxylation is 1. The molecule has 0 saturated heterocycles. The van der Waals surface area contributed by atoms with Crippen molar-refractivity contribution in [1.29, 1.82) is 0 Å². The van der Waals surface area contributed by atoms with E-state index in [0.29, 0.717) is 11.3 Å². The third kappa shape index (κ3) is 4.08. The summed E-state index contributed by atoms with van der Waals surface area (Å²) in [5.74, 6) is 0.0671. The summed E-state index contributed by atoms with van der Waals surface area (Å²) >= 11 is 0. The lowest BCUT2D eigenvalue weighted by atomic mass is 10.2. The van der Waals surface area contributed by atoms with E-state index in [9.17, 15) is 13.6 Å². The van der Waals surface area contributed by atoms with Crippen LogP contribution in [0.2, 0.25) is 0 Å². The minimum atomic E-state index is -0.715. The molecule has 0 fully saturated rings. The van der Waals surface area contributed by atoms with E-state index in [1.165, 1.54) is 16.9 Å². The molecule has 2 amide bonds. The molecule has 136 valence electrons. The SMILES string of the molecule is Cc1ccc(C(C)NC(=O)NCc2cnn(-c3ccc(F)cc3F)c2)o1. The maximum absolute atomic E-state index is 13.8. The Morgan fingerprint density at radius 2 is 2.12 bits per heavy atom. The fraction of sp³-hybridized carbons (Fsp3) is 0.222. The molecule has 3 rings (SSSR count). The van der Waals surface area contributed by atoms with Crippen molar-refractivity contribution in [2.75, 3.05) is 0 Å². The van der Waals surface area contributed by atoms with Crippen molar-refractivity contribution in [3.05, 3.63) is 71.4 Å². The number of halogens is 2. The van der Waals surface area contributed by atoms with Crippen LogP contribution in [0.25, 0.3) is 5.69 Å². The molecule has 3 aromatic rings. The van der Waals surface area contributed by atoms with Gasteiger partial charge in [-0.15, -0.1) is 0 Å². The van der Waals surface area contributed by atoms with Crippen molar-refractivity contribution in [3.63, 3.8) is 0 Å². The Morgan fingerprint density at radius 3 is 2.81 bits per heavy atom. The van der Waals surface area contributed by atoms with E-state index in [4.69, 9.17) is 4.42 Å². The molecule has 0 aliphatic heterocycles. The summed E-state index contributed by atoms with van der Waals surface area (Å²) in [6, 6.07) is 6.24. The Labute approximate surface area is 148 Å². The number of urea groups is 1. The zero-order chi connectivity index (χ0) is 18.7. The summed E-state index contributed by atoms with van der Waals surface area (Å²) in [4.78, 5) is 12.0. The van der Waals surface area contributed by atoms with E-state index in [2.05, 4.69) is 15.7 Å². The van der Waals surface area contributed by atoms with Crippen LogP contribution in [-0.2, 0) is 6.54 Å². The van der Waals surface area contributed by atoms with Crippen molar-refractivity contribution in [3.8, 4) is 5.69 Å². The first kappa shape index (κ1) is 17.7. The van der Waals surface area contributed by atoms with Gasteiger partial charge in [-0.3, -0.25) is 0 Å². The van der Waals surface area contributed by atoms with Crippen molar-refractivity contribution in [1.82, 2.24) is 20.4 Å². The maximum Gasteiger partial charge on any atom is 0.315 e. The summed E-state index contributed by atoms with van der Waals surface area (Å²) in [6.07, 6.45) is 3.07. The second-order valence-corrected chi connectivity index (χ2v) is 5.89. The molecule has 1 unspecified atom stereocenters. The van der Waals surface area contributed by atoms with Crippen molar-refractivity contribution in [2.45, 2.75) is 26.4 Å². The molecular weight excluding hydrogens is 342 g/mol. The number of nitrogens with zero attached hydrogens (tertiary/aromatic N) is 2. The number of furan rings is 1. The quantitative estimate of drug-likeness (QED) is 0.730. The fourth-order valence-electron chi connectivity index (χ4n) is 2.44. The van der Waals surface area contributed by atoms with E-state index in [1.54, 1.807) is 6.20 Å². The molecular formula is C18H18F2N4O2. The largest absolute Gasteiger partial charge is 0.464 e. The zero-order valence-corrected chi connectivity index (χ0v) is 14.3. The highest BCUT2D eigenvalue weighted by Gasteiger charge is 2.13. The average molecular weight is 360 g/mol. The van der Waals surface area contributed by atoms with E-state index in [-0.39, 0.29) is 24.3 Å². The number of hydrogen-bond donors (Lipinski definition) is 2. The topological polar surface area (TPSA) is 72.1 Å². The minimum Gasteiger partial charge on any atom is -0.464 e.